The lowest BCUT2D eigenvalue weighted by Gasteiger charge is -2.05. The van der Waals surface area contributed by atoms with E-state index in [2.05, 4.69) is 5.32 Å². The Balaban J connectivity index is 1.60. The standard InChI is InChI=1S/C18H20FNO/c19-17-11-8-16(9-12-17)7-4-14-20-18(21)13-10-15-5-2-1-3-6-15/h1-3,5-6,8-9,11-12H,4,7,10,13-14H2,(H,20,21). The zero-order valence-electron chi connectivity index (χ0n) is 12.0. The van der Waals surface area contributed by atoms with Crippen LogP contribution < -0.4 is 5.32 Å². The molecule has 1 N–H and O–H groups in total. The van der Waals surface area contributed by atoms with E-state index in [1.807, 2.05) is 30.3 Å². The first-order valence-electron chi connectivity index (χ1n) is 7.29. The Morgan fingerprint density at radius 1 is 0.905 bits per heavy atom. The summed E-state index contributed by atoms with van der Waals surface area (Å²) in [5, 5.41) is 2.92. The molecule has 0 radical (unpaired) electrons. The largest absolute Gasteiger partial charge is 0.356 e. The molecule has 0 bridgehead atoms. The van der Waals surface area contributed by atoms with Crippen LogP contribution in [0.4, 0.5) is 4.39 Å². The molecular weight excluding hydrogens is 265 g/mol. The molecule has 0 spiro atoms. The third kappa shape index (κ3) is 5.78. The van der Waals surface area contributed by atoms with Crippen molar-refractivity contribution in [2.24, 2.45) is 0 Å². The Morgan fingerprint density at radius 2 is 1.57 bits per heavy atom. The molecule has 0 atom stereocenters. The van der Waals surface area contributed by atoms with E-state index < -0.39 is 0 Å². The van der Waals surface area contributed by atoms with E-state index in [1.54, 1.807) is 12.1 Å². The van der Waals surface area contributed by atoms with Gasteiger partial charge in [0, 0.05) is 13.0 Å². The van der Waals surface area contributed by atoms with E-state index in [0.717, 1.165) is 24.8 Å². The number of benzene rings is 2. The lowest BCUT2D eigenvalue weighted by molar-refractivity contribution is -0.121. The van der Waals surface area contributed by atoms with Crippen molar-refractivity contribution in [3.8, 4) is 0 Å². The first kappa shape index (κ1) is 15.2. The summed E-state index contributed by atoms with van der Waals surface area (Å²) in [4.78, 5) is 11.7. The SMILES string of the molecule is O=C(CCc1ccccc1)NCCCc1ccc(F)cc1. The van der Waals surface area contributed by atoms with Gasteiger partial charge in [-0.2, -0.15) is 0 Å². The zero-order chi connectivity index (χ0) is 14.9. The van der Waals surface area contributed by atoms with Crippen molar-refractivity contribution in [1.82, 2.24) is 5.32 Å². The van der Waals surface area contributed by atoms with Gasteiger partial charge < -0.3 is 5.32 Å². The minimum atomic E-state index is -0.215. The highest BCUT2D eigenvalue weighted by molar-refractivity contribution is 5.76. The molecule has 0 aliphatic heterocycles. The van der Waals surface area contributed by atoms with Crippen molar-refractivity contribution < 1.29 is 9.18 Å². The lowest BCUT2D eigenvalue weighted by atomic mass is 10.1. The van der Waals surface area contributed by atoms with Crippen molar-refractivity contribution in [2.45, 2.75) is 25.7 Å². The summed E-state index contributed by atoms with van der Waals surface area (Å²) in [5.74, 6) is -0.133. The van der Waals surface area contributed by atoms with Gasteiger partial charge in [-0.3, -0.25) is 4.79 Å². The van der Waals surface area contributed by atoms with Crippen LogP contribution >= 0.6 is 0 Å². The minimum Gasteiger partial charge on any atom is -0.356 e. The second-order valence-corrected chi connectivity index (χ2v) is 5.07. The zero-order valence-corrected chi connectivity index (χ0v) is 12.0. The lowest BCUT2D eigenvalue weighted by Crippen LogP contribution is -2.24. The highest BCUT2D eigenvalue weighted by Gasteiger charge is 2.01. The van der Waals surface area contributed by atoms with Crippen molar-refractivity contribution in [2.75, 3.05) is 6.54 Å². The Labute approximate surface area is 125 Å². The fourth-order valence-electron chi connectivity index (χ4n) is 2.16. The molecular formula is C18H20FNO. The molecule has 1 amide bonds. The van der Waals surface area contributed by atoms with Crippen LogP contribution in [0.2, 0.25) is 0 Å². The molecule has 3 heteroatoms. The number of carbonyl (C=O) groups excluding carboxylic acids is 1. The molecule has 0 saturated heterocycles. The number of carbonyl (C=O) groups is 1. The molecule has 21 heavy (non-hydrogen) atoms. The summed E-state index contributed by atoms with van der Waals surface area (Å²) >= 11 is 0. The summed E-state index contributed by atoms with van der Waals surface area (Å²) in [6.45, 7) is 0.658. The minimum absolute atomic E-state index is 0.0814. The third-order valence-electron chi connectivity index (χ3n) is 3.36. The van der Waals surface area contributed by atoms with Gasteiger partial charge in [0.25, 0.3) is 0 Å². The predicted molar refractivity (Wildman–Crippen MR) is 82.5 cm³/mol. The number of nitrogens with one attached hydrogen (secondary N) is 1. The van der Waals surface area contributed by atoms with Crippen LogP contribution in [0.3, 0.4) is 0 Å². The van der Waals surface area contributed by atoms with Gasteiger partial charge in [0.1, 0.15) is 5.82 Å². The average Bonchev–Trinajstić information content (AvgIpc) is 2.52. The van der Waals surface area contributed by atoms with Gasteiger partial charge in [-0.1, -0.05) is 42.5 Å². The Kier molecular flexibility index (Phi) is 5.95. The molecule has 2 nitrogen and oxygen atoms in total. The second kappa shape index (κ2) is 8.20. The van der Waals surface area contributed by atoms with Gasteiger partial charge in [-0.25, -0.2) is 4.39 Å². The monoisotopic (exact) mass is 285 g/mol. The molecule has 0 aliphatic rings. The van der Waals surface area contributed by atoms with Crippen molar-refractivity contribution in [1.29, 1.82) is 0 Å². The van der Waals surface area contributed by atoms with E-state index in [4.69, 9.17) is 0 Å². The predicted octanol–water partition coefficient (Wildman–Crippen LogP) is 3.51. The van der Waals surface area contributed by atoms with E-state index in [0.29, 0.717) is 13.0 Å². The fraction of sp³-hybridized carbons (Fsp3) is 0.278. The number of hydrogen-bond donors (Lipinski definition) is 1. The number of halogens is 1. The molecule has 2 aromatic carbocycles. The number of amides is 1. The summed E-state index contributed by atoms with van der Waals surface area (Å²) in [5.41, 5.74) is 2.27. The van der Waals surface area contributed by atoms with Crippen LogP contribution in [0.15, 0.2) is 54.6 Å². The van der Waals surface area contributed by atoms with Gasteiger partial charge in [0.15, 0.2) is 0 Å². The smallest absolute Gasteiger partial charge is 0.220 e. The van der Waals surface area contributed by atoms with Gasteiger partial charge >= 0.3 is 0 Å². The van der Waals surface area contributed by atoms with Crippen LogP contribution in [0, 0.1) is 5.82 Å². The number of hydrogen-bond acceptors (Lipinski definition) is 1. The molecule has 0 aliphatic carbocycles. The van der Waals surface area contributed by atoms with E-state index in [9.17, 15) is 9.18 Å². The van der Waals surface area contributed by atoms with Gasteiger partial charge in [-0.05, 0) is 42.5 Å². The topological polar surface area (TPSA) is 29.1 Å². The molecule has 110 valence electrons. The molecule has 0 saturated carbocycles. The summed E-state index contributed by atoms with van der Waals surface area (Å²) in [6.07, 6.45) is 2.99. The van der Waals surface area contributed by atoms with Gasteiger partial charge in [-0.15, -0.1) is 0 Å². The molecule has 0 unspecified atom stereocenters. The second-order valence-electron chi connectivity index (χ2n) is 5.07. The fourth-order valence-corrected chi connectivity index (χ4v) is 2.16. The van der Waals surface area contributed by atoms with E-state index in [-0.39, 0.29) is 11.7 Å². The van der Waals surface area contributed by atoms with Crippen molar-refractivity contribution in [3.05, 3.63) is 71.5 Å². The first-order chi connectivity index (χ1) is 10.2. The molecule has 2 aromatic rings. The normalized spacial score (nSPS) is 10.3. The summed E-state index contributed by atoms with van der Waals surface area (Å²) < 4.78 is 12.7. The molecule has 0 heterocycles. The van der Waals surface area contributed by atoms with Crippen LogP contribution in [0.1, 0.15) is 24.0 Å². The van der Waals surface area contributed by atoms with Gasteiger partial charge in [0.05, 0.1) is 0 Å². The highest BCUT2D eigenvalue weighted by atomic mass is 19.1. The first-order valence-corrected chi connectivity index (χ1v) is 7.29. The van der Waals surface area contributed by atoms with E-state index in [1.165, 1.54) is 17.7 Å². The van der Waals surface area contributed by atoms with Crippen LogP contribution in [0.5, 0.6) is 0 Å². The highest BCUT2D eigenvalue weighted by Crippen LogP contribution is 2.05. The maximum absolute atomic E-state index is 12.7. The number of rotatable bonds is 7. The average molecular weight is 285 g/mol. The summed E-state index contributed by atoms with van der Waals surface area (Å²) in [6, 6.07) is 16.5. The molecule has 0 fully saturated rings. The Bertz CT molecular complexity index is 551. The summed E-state index contributed by atoms with van der Waals surface area (Å²) in [7, 11) is 0. The third-order valence-corrected chi connectivity index (χ3v) is 3.36. The van der Waals surface area contributed by atoms with Crippen molar-refractivity contribution in [3.63, 3.8) is 0 Å². The Hall–Kier alpha value is -2.16. The maximum Gasteiger partial charge on any atom is 0.220 e. The Morgan fingerprint density at radius 3 is 2.29 bits per heavy atom. The molecule has 0 aromatic heterocycles. The molecule has 2 rings (SSSR count). The van der Waals surface area contributed by atoms with Crippen LogP contribution in [-0.4, -0.2) is 12.5 Å². The van der Waals surface area contributed by atoms with Gasteiger partial charge in [0.2, 0.25) is 5.91 Å². The maximum atomic E-state index is 12.7. The van der Waals surface area contributed by atoms with Crippen LogP contribution in [-0.2, 0) is 17.6 Å². The van der Waals surface area contributed by atoms with Crippen molar-refractivity contribution >= 4 is 5.91 Å². The van der Waals surface area contributed by atoms with Crippen LogP contribution in [0.25, 0.3) is 0 Å². The number of aryl methyl sites for hydroxylation is 2. The van der Waals surface area contributed by atoms with E-state index >= 15 is 0 Å². The quantitative estimate of drug-likeness (QED) is 0.775.